The number of thioether (sulfide) groups is 1. The first kappa shape index (κ1) is 19.1. The Labute approximate surface area is 161 Å². The smallest absolute Gasteiger partial charge is 0.236 e. The van der Waals surface area contributed by atoms with Crippen LogP contribution in [0, 0.1) is 6.92 Å². The van der Waals surface area contributed by atoms with Crippen molar-refractivity contribution in [3.05, 3.63) is 48.0 Å². The number of amides is 1. The number of aromatic nitrogens is 4. The number of benzene rings is 1. The Balaban J connectivity index is 1.79. The largest absolute Gasteiger partial charge is 0.360 e. The lowest BCUT2D eigenvalue weighted by Gasteiger charge is -2.18. The highest BCUT2D eigenvalue weighted by Gasteiger charge is 2.23. The third-order valence-corrected chi connectivity index (χ3v) is 5.08. The molecule has 27 heavy (non-hydrogen) atoms. The normalized spacial score (nSPS) is 12.3. The van der Waals surface area contributed by atoms with E-state index in [0.717, 1.165) is 11.5 Å². The van der Waals surface area contributed by atoms with Gasteiger partial charge >= 0.3 is 0 Å². The highest BCUT2D eigenvalue weighted by Crippen LogP contribution is 2.24. The first-order valence-electron chi connectivity index (χ1n) is 8.62. The van der Waals surface area contributed by atoms with Crippen LogP contribution in [0.25, 0.3) is 5.69 Å². The average molecular weight is 387 g/mol. The molecule has 0 saturated heterocycles. The van der Waals surface area contributed by atoms with Crippen LogP contribution in [0.1, 0.15) is 24.6 Å². The van der Waals surface area contributed by atoms with Crippen molar-refractivity contribution >= 4 is 23.5 Å². The molecule has 2 aromatic heterocycles. The highest BCUT2D eigenvalue weighted by molar-refractivity contribution is 7.99. The van der Waals surface area contributed by atoms with Crippen molar-refractivity contribution in [1.29, 1.82) is 0 Å². The maximum atomic E-state index is 12.2. The van der Waals surface area contributed by atoms with Gasteiger partial charge in [-0.05, 0) is 26.0 Å². The van der Waals surface area contributed by atoms with Gasteiger partial charge in [-0.1, -0.05) is 35.1 Å². The summed E-state index contributed by atoms with van der Waals surface area (Å²) < 4.78 is 6.97. The molecule has 2 heterocycles. The fraction of sp³-hybridized carbons (Fsp3) is 0.333. The molecule has 0 radical (unpaired) electrons. The Morgan fingerprint density at radius 2 is 2.04 bits per heavy atom. The summed E-state index contributed by atoms with van der Waals surface area (Å²) in [6.07, 6.45) is 0. The van der Waals surface area contributed by atoms with Crippen molar-refractivity contribution < 1.29 is 14.2 Å². The van der Waals surface area contributed by atoms with Crippen molar-refractivity contribution in [3.8, 4) is 5.69 Å². The van der Waals surface area contributed by atoms with Gasteiger partial charge in [-0.25, -0.2) is 0 Å². The summed E-state index contributed by atoms with van der Waals surface area (Å²) in [5, 5.41) is 15.9. The third kappa shape index (κ3) is 4.55. The molecule has 9 heteroatoms. The summed E-state index contributed by atoms with van der Waals surface area (Å²) in [7, 11) is 4.16. The quantitative estimate of drug-likeness (QED) is 0.597. The van der Waals surface area contributed by atoms with Gasteiger partial charge in [0.1, 0.15) is 11.8 Å². The van der Waals surface area contributed by atoms with Gasteiger partial charge in [-0.2, -0.15) is 0 Å². The second-order valence-corrected chi connectivity index (χ2v) is 7.41. The molecule has 1 amide bonds. The van der Waals surface area contributed by atoms with Gasteiger partial charge in [0.25, 0.3) is 0 Å². The molecular weight excluding hydrogens is 364 g/mol. The lowest BCUT2D eigenvalue weighted by molar-refractivity contribution is -0.890. The molecule has 0 spiro atoms. The lowest BCUT2D eigenvalue weighted by atomic mass is 10.2. The van der Waals surface area contributed by atoms with E-state index < -0.39 is 0 Å². The number of carbonyl (C=O) groups is 1. The minimum atomic E-state index is -0.177. The maximum absolute atomic E-state index is 12.2. The molecule has 0 aliphatic carbocycles. The Bertz CT molecular complexity index is 906. The molecule has 8 nitrogen and oxygen atoms in total. The molecule has 0 saturated carbocycles. The minimum Gasteiger partial charge on any atom is -0.360 e. The monoisotopic (exact) mass is 387 g/mol. The number of quaternary nitrogens is 1. The number of para-hydroxylation sites is 1. The van der Waals surface area contributed by atoms with Gasteiger partial charge in [0.2, 0.25) is 5.91 Å². The van der Waals surface area contributed by atoms with E-state index in [0.29, 0.717) is 16.7 Å². The van der Waals surface area contributed by atoms with Crippen LogP contribution in [0.2, 0.25) is 0 Å². The van der Waals surface area contributed by atoms with Gasteiger partial charge in [0, 0.05) is 11.8 Å². The zero-order chi connectivity index (χ0) is 19.4. The van der Waals surface area contributed by atoms with E-state index in [1.165, 1.54) is 16.7 Å². The van der Waals surface area contributed by atoms with Gasteiger partial charge < -0.3 is 14.7 Å². The van der Waals surface area contributed by atoms with Crippen LogP contribution >= 0.6 is 11.8 Å². The van der Waals surface area contributed by atoms with Crippen LogP contribution in [0.5, 0.6) is 0 Å². The topological polar surface area (TPSA) is 90.3 Å². The number of rotatable bonds is 7. The zero-order valence-electron chi connectivity index (χ0n) is 15.8. The van der Waals surface area contributed by atoms with E-state index in [1.807, 2.05) is 34.9 Å². The summed E-state index contributed by atoms with van der Waals surface area (Å²) in [6.45, 7) is 3.88. The second kappa shape index (κ2) is 8.36. The zero-order valence-corrected chi connectivity index (χ0v) is 16.6. The first-order valence-corrected chi connectivity index (χ1v) is 9.61. The molecule has 1 aromatic carbocycles. The summed E-state index contributed by atoms with van der Waals surface area (Å²) in [4.78, 5) is 13.5. The van der Waals surface area contributed by atoms with Crippen LogP contribution in [-0.4, -0.2) is 45.7 Å². The molecule has 0 unspecified atom stereocenters. The van der Waals surface area contributed by atoms with Crippen LogP contribution in [-0.2, 0) is 4.79 Å². The Hall–Kier alpha value is -2.65. The van der Waals surface area contributed by atoms with Crippen LogP contribution in [0.15, 0.2) is 46.1 Å². The SMILES string of the molecule is Cc1cc(NC(=O)CSc2nnc([C@H](C)[NH+](C)C)n2-c2ccccc2)no1. The Morgan fingerprint density at radius 1 is 1.30 bits per heavy atom. The molecule has 0 aliphatic rings. The fourth-order valence-corrected chi connectivity index (χ4v) is 3.23. The summed E-state index contributed by atoms with van der Waals surface area (Å²) in [6, 6.07) is 11.8. The van der Waals surface area contributed by atoms with Crippen molar-refractivity contribution in [2.24, 2.45) is 0 Å². The Morgan fingerprint density at radius 3 is 2.67 bits per heavy atom. The molecular formula is C18H23N6O2S+. The predicted molar refractivity (Wildman–Crippen MR) is 103 cm³/mol. The fourth-order valence-electron chi connectivity index (χ4n) is 2.47. The van der Waals surface area contributed by atoms with Gasteiger partial charge in [-0.3, -0.25) is 9.36 Å². The minimum absolute atomic E-state index is 0.152. The van der Waals surface area contributed by atoms with Crippen molar-refractivity contribution in [1.82, 2.24) is 19.9 Å². The number of carbonyl (C=O) groups excluding carboxylic acids is 1. The maximum Gasteiger partial charge on any atom is 0.236 e. The number of anilines is 1. The van der Waals surface area contributed by atoms with Crippen LogP contribution in [0.3, 0.4) is 0 Å². The number of nitrogens with one attached hydrogen (secondary N) is 2. The van der Waals surface area contributed by atoms with Crippen LogP contribution < -0.4 is 10.2 Å². The Kier molecular flexibility index (Phi) is 5.92. The van der Waals surface area contributed by atoms with Crippen molar-refractivity contribution in [3.63, 3.8) is 0 Å². The highest BCUT2D eigenvalue weighted by atomic mass is 32.2. The molecule has 2 N–H and O–H groups in total. The van der Waals surface area contributed by atoms with Gasteiger partial charge in [0.05, 0.1) is 19.8 Å². The third-order valence-electron chi connectivity index (χ3n) is 4.15. The summed E-state index contributed by atoms with van der Waals surface area (Å²) >= 11 is 1.34. The molecule has 142 valence electrons. The predicted octanol–water partition coefficient (Wildman–Crippen LogP) is 1.50. The van der Waals surface area contributed by atoms with Crippen molar-refractivity contribution in [2.45, 2.75) is 25.0 Å². The molecule has 3 aromatic rings. The van der Waals surface area contributed by atoms with E-state index >= 15 is 0 Å². The van der Waals surface area contributed by atoms with E-state index in [1.54, 1.807) is 13.0 Å². The number of hydrogen-bond donors (Lipinski definition) is 2. The van der Waals surface area contributed by atoms with Gasteiger partial charge in [0.15, 0.2) is 16.8 Å². The van der Waals surface area contributed by atoms with Gasteiger partial charge in [-0.15, -0.1) is 10.2 Å². The van der Waals surface area contributed by atoms with E-state index in [-0.39, 0.29) is 17.7 Å². The summed E-state index contributed by atoms with van der Waals surface area (Å²) in [5.74, 6) is 1.93. The van der Waals surface area contributed by atoms with Crippen LogP contribution in [0.4, 0.5) is 5.82 Å². The lowest BCUT2D eigenvalue weighted by Crippen LogP contribution is -3.05. The molecule has 1 atom stereocenters. The van der Waals surface area contributed by atoms with E-state index in [4.69, 9.17) is 4.52 Å². The molecule has 0 fully saturated rings. The number of aryl methyl sites for hydroxylation is 1. The average Bonchev–Trinajstić information content (AvgIpc) is 3.26. The van der Waals surface area contributed by atoms with Crippen molar-refractivity contribution in [2.75, 3.05) is 25.2 Å². The van der Waals surface area contributed by atoms with E-state index in [2.05, 4.69) is 41.7 Å². The summed E-state index contributed by atoms with van der Waals surface area (Å²) in [5.41, 5.74) is 0.973. The number of hydrogen-bond acceptors (Lipinski definition) is 6. The van der Waals surface area contributed by atoms with E-state index in [9.17, 15) is 4.79 Å². The number of nitrogens with zero attached hydrogens (tertiary/aromatic N) is 4. The second-order valence-electron chi connectivity index (χ2n) is 6.47. The molecule has 3 rings (SSSR count). The standard InChI is InChI=1S/C18H22N6O2S/c1-12-10-15(22-26-12)19-16(25)11-27-18-21-20-17(13(2)23(3)4)24(18)14-8-6-5-7-9-14/h5-10,13H,11H2,1-4H3,(H,19,22,25)/p+1/t13-/m0/s1. The molecule has 0 bridgehead atoms. The molecule has 0 aliphatic heterocycles. The first-order chi connectivity index (χ1) is 13.0.